The molecule has 1 heterocycles. The van der Waals surface area contributed by atoms with Gasteiger partial charge in [-0.05, 0) is 13.0 Å². The van der Waals surface area contributed by atoms with Crippen molar-refractivity contribution in [2.24, 2.45) is 5.73 Å². The highest BCUT2D eigenvalue weighted by Gasteiger charge is 2.21. The summed E-state index contributed by atoms with van der Waals surface area (Å²) in [6, 6.07) is 0.333. The van der Waals surface area contributed by atoms with E-state index in [0.29, 0.717) is 6.04 Å². The molecule has 0 radical (unpaired) electrons. The van der Waals surface area contributed by atoms with Crippen molar-refractivity contribution < 1.29 is 9.47 Å². The van der Waals surface area contributed by atoms with Gasteiger partial charge in [0.05, 0.1) is 0 Å². The number of hydrogen-bond acceptors (Lipinski definition) is 4. The van der Waals surface area contributed by atoms with E-state index in [1.165, 1.54) is 0 Å². The molecule has 0 unspecified atom stereocenters. The number of rotatable bonds is 4. The summed E-state index contributed by atoms with van der Waals surface area (Å²) in [4.78, 5) is 2.27. The summed E-state index contributed by atoms with van der Waals surface area (Å²) < 4.78 is 10.2. The lowest BCUT2D eigenvalue weighted by molar-refractivity contribution is -0.114. The zero-order valence-electron chi connectivity index (χ0n) is 7.82. The van der Waals surface area contributed by atoms with Crippen LogP contribution in [0.15, 0.2) is 0 Å². The van der Waals surface area contributed by atoms with Crippen molar-refractivity contribution >= 4 is 0 Å². The largest absolute Gasteiger partial charge is 0.355 e. The zero-order chi connectivity index (χ0) is 8.97. The molecule has 4 nitrogen and oxygen atoms in total. The number of nitrogens with two attached hydrogens (primary N) is 1. The van der Waals surface area contributed by atoms with Crippen LogP contribution in [0.4, 0.5) is 0 Å². The molecule has 0 amide bonds. The fourth-order valence-electron chi connectivity index (χ4n) is 1.48. The van der Waals surface area contributed by atoms with Crippen molar-refractivity contribution in [1.29, 1.82) is 0 Å². The van der Waals surface area contributed by atoms with Crippen LogP contribution in [0.5, 0.6) is 0 Å². The lowest BCUT2D eigenvalue weighted by Crippen LogP contribution is -2.34. The first-order valence-electron chi connectivity index (χ1n) is 4.29. The fraction of sp³-hybridized carbons (Fsp3) is 1.00. The molecule has 1 aliphatic heterocycles. The lowest BCUT2D eigenvalue weighted by atomic mass is 10.3. The van der Waals surface area contributed by atoms with Gasteiger partial charge in [0.1, 0.15) is 0 Å². The second-order valence-corrected chi connectivity index (χ2v) is 3.21. The Morgan fingerprint density at radius 1 is 1.50 bits per heavy atom. The number of ether oxygens (including phenoxy) is 2. The van der Waals surface area contributed by atoms with Gasteiger partial charge in [0.25, 0.3) is 0 Å². The summed E-state index contributed by atoms with van der Waals surface area (Å²) in [6.07, 6.45) is 0.968. The highest BCUT2D eigenvalue weighted by atomic mass is 16.7. The molecule has 1 aliphatic rings. The van der Waals surface area contributed by atoms with E-state index in [2.05, 4.69) is 4.90 Å². The van der Waals surface area contributed by atoms with E-state index in [1.54, 1.807) is 14.2 Å². The third-order valence-corrected chi connectivity index (χ3v) is 2.24. The molecule has 0 aromatic heterocycles. The number of hydrogen-bond donors (Lipinski definition) is 1. The Kier molecular flexibility index (Phi) is 3.94. The summed E-state index contributed by atoms with van der Waals surface area (Å²) in [5.74, 6) is 0. The molecule has 0 aromatic carbocycles. The van der Waals surface area contributed by atoms with E-state index >= 15 is 0 Å². The topological polar surface area (TPSA) is 47.7 Å². The van der Waals surface area contributed by atoms with Crippen LogP contribution in [0.1, 0.15) is 6.42 Å². The van der Waals surface area contributed by atoms with E-state index in [4.69, 9.17) is 15.2 Å². The molecule has 12 heavy (non-hydrogen) atoms. The van der Waals surface area contributed by atoms with Gasteiger partial charge in [0.15, 0.2) is 6.29 Å². The first kappa shape index (κ1) is 9.92. The molecule has 0 aromatic rings. The number of nitrogens with zero attached hydrogens (tertiary/aromatic N) is 1. The average molecular weight is 174 g/mol. The minimum atomic E-state index is -0.115. The summed E-state index contributed by atoms with van der Waals surface area (Å²) in [5, 5.41) is 0. The summed E-state index contributed by atoms with van der Waals surface area (Å²) in [6.45, 7) is 2.84. The molecule has 72 valence electrons. The van der Waals surface area contributed by atoms with Crippen LogP contribution < -0.4 is 5.73 Å². The van der Waals surface area contributed by atoms with Gasteiger partial charge in [0.2, 0.25) is 0 Å². The standard InChI is InChI=1S/C8H18N2O2/c1-11-8(12-2)6-10-4-3-7(9)5-10/h7-8H,3-6,9H2,1-2H3/t7-/m0/s1. The maximum absolute atomic E-state index is 5.76. The van der Waals surface area contributed by atoms with Gasteiger partial charge >= 0.3 is 0 Å². The summed E-state index contributed by atoms with van der Waals surface area (Å²) in [5.41, 5.74) is 5.76. The molecule has 1 fully saturated rings. The fourth-order valence-corrected chi connectivity index (χ4v) is 1.48. The van der Waals surface area contributed by atoms with E-state index in [1.807, 2.05) is 0 Å². The van der Waals surface area contributed by atoms with Gasteiger partial charge in [-0.25, -0.2) is 0 Å². The van der Waals surface area contributed by atoms with Crippen molar-refractivity contribution in [2.75, 3.05) is 33.9 Å². The van der Waals surface area contributed by atoms with E-state index in [-0.39, 0.29) is 6.29 Å². The van der Waals surface area contributed by atoms with Gasteiger partial charge in [-0.1, -0.05) is 0 Å². The van der Waals surface area contributed by atoms with Crippen molar-refractivity contribution in [3.63, 3.8) is 0 Å². The minimum Gasteiger partial charge on any atom is -0.355 e. The second-order valence-electron chi connectivity index (χ2n) is 3.21. The smallest absolute Gasteiger partial charge is 0.169 e. The van der Waals surface area contributed by atoms with E-state index in [9.17, 15) is 0 Å². The minimum absolute atomic E-state index is 0.115. The number of likely N-dealkylation sites (tertiary alicyclic amines) is 1. The van der Waals surface area contributed by atoms with Crippen LogP contribution >= 0.6 is 0 Å². The van der Waals surface area contributed by atoms with Gasteiger partial charge in [-0.3, -0.25) is 4.90 Å². The van der Waals surface area contributed by atoms with Crippen molar-refractivity contribution in [2.45, 2.75) is 18.8 Å². The van der Waals surface area contributed by atoms with Crippen LogP contribution in [0, 0.1) is 0 Å². The monoisotopic (exact) mass is 174 g/mol. The molecule has 1 rings (SSSR count). The SMILES string of the molecule is COC(CN1CC[C@H](N)C1)OC. The van der Waals surface area contributed by atoms with Crippen LogP contribution in [-0.2, 0) is 9.47 Å². The van der Waals surface area contributed by atoms with E-state index < -0.39 is 0 Å². The predicted molar refractivity (Wildman–Crippen MR) is 46.8 cm³/mol. The van der Waals surface area contributed by atoms with Gasteiger partial charge < -0.3 is 15.2 Å². The first-order chi connectivity index (χ1) is 5.76. The predicted octanol–water partition coefficient (Wildman–Crippen LogP) is -0.362. The highest BCUT2D eigenvalue weighted by molar-refractivity contribution is 4.78. The molecule has 0 aliphatic carbocycles. The number of methoxy groups -OCH3 is 2. The maximum Gasteiger partial charge on any atom is 0.169 e. The van der Waals surface area contributed by atoms with Gasteiger partial charge in [-0.2, -0.15) is 0 Å². The van der Waals surface area contributed by atoms with Crippen molar-refractivity contribution in [1.82, 2.24) is 4.90 Å². The summed E-state index contributed by atoms with van der Waals surface area (Å²) in [7, 11) is 3.31. The Labute approximate surface area is 73.6 Å². The molecule has 0 bridgehead atoms. The maximum atomic E-state index is 5.76. The molecule has 0 spiro atoms. The zero-order valence-corrected chi connectivity index (χ0v) is 7.82. The Balaban J connectivity index is 2.21. The molecule has 0 saturated carbocycles. The first-order valence-corrected chi connectivity index (χ1v) is 4.29. The van der Waals surface area contributed by atoms with E-state index in [0.717, 1.165) is 26.1 Å². The van der Waals surface area contributed by atoms with Crippen LogP contribution in [0.2, 0.25) is 0 Å². The highest BCUT2D eigenvalue weighted by Crippen LogP contribution is 2.08. The third-order valence-electron chi connectivity index (χ3n) is 2.24. The molecular formula is C8H18N2O2. The Bertz CT molecular complexity index is 128. The Morgan fingerprint density at radius 3 is 2.58 bits per heavy atom. The molecule has 2 N–H and O–H groups in total. The Hall–Kier alpha value is -0.160. The van der Waals surface area contributed by atoms with Gasteiger partial charge in [0, 0.05) is 33.4 Å². The van der Waals surface area contributed by atoms with Crippen LogP contribution in [0.25, 0.3) is 0 Å². The van der Waals surface area contributed by atoms with Crippen LogP contribution in [-0.4, -0.2) is 51.1 Å². The normalized spacial score (nSPS) is 25.5. The third kappa shape index (κ3) is 2.71. The summed E-state index contributed by atoms with van der Waals surface area (Å²) >= 11 is 0. The van der Waals surface area contributed by atoms with Crippen molar-refractivity contribution in [3.05, 3.63) is 0 Å². The quantitative estimate of drug-likeness (QED) is 0.591. The van der Waals surface area contributed by atoms with Crippen LogP contribution in [0.3, 0.4) is 0 Å². The molecule has 1 atom stereocenters. The molecular weight excluding hydrogens is 156 g/mol. The molecule has 1 saturated heterocycles. The lowest BCUT2D eigenvalue weighted by Gasteiger charge is -2.20. The van der Waals surface area contributed by atoms with Crippen molar-refractivity contribution in [3.8, 4) is 0 Å². The van der Waals surface area contributed by atoms with Gasteiger partial charge in [-0.15, -0.1) is 0 Å². The second kappa shape index (κ2) is 4.77. The average Bonchev–Trinajstić information content (AvgIpc) is 2.47. The molecule has 4 heteroatoms. The Morgan fingerprint density at radius 2 is 2.17 bits per heavy atom.